The molecule has 0 spiro atoms. The standard InChI is InChI=1S/C26H35N5O5.CH2O2/c1-4-35-16-23(32)31-14-21-19-7-5-8-20(13-19)36-12-6-10-30(11-9-27-25(33)22(21)15-31)26(34)24-17(2)28-29-18(24)3;2-1-3/h5,7-8,13,21-22H,4,6,9-12,14-16H2,1-3H3,(H,27,33)(H,28,29);1H,(H,2,3)/t21-,22+;/m1./s1. The number of amides is 3. The fourth-order valence-electron chi connectivity index (χ4n) is 4.96. The zero-order valence-electron chi connectivity index (χ0n) is 22.6. The van der Waals surface area contributed by atoms with Gasteiger partial charge in [-0.25, -0.2) is 0 Å². The number of benzene rings is 1. The van der Waals surface area contributed by atoms with Crippen molar-refractivity contribution < 1.29 is 33.8 Å². The fraction of sp³-hybridized carbons (Fsp3) is 0.519. The first-order valence-corrected chi connectivity index (χ1v) is 13.0. The van der Waals surface area contributed by atoms with E-state index in [4.69, 9.17) is 19.4 Å². The minimum Gasteiger partial charge on any atom is -0.494 e. The van der Waals surface area contributed by atoms with E-state index in [-0.39, 0.29) is 36.7 Å². The van der Waals surface area contributed by atoms with Crippen molar-refractivity contribution in [2.75, 3.05) is 52.5 Å². The molecule has 3 N–H and O–H groups in total. The molecule has 4 rings (SSSR count). The molecule has 3 heterocycles. The second kappa shape index (κ2) is 14.3. The Morgan fingerprint density at radius 3 is 2.64 bits per heavy atom. The highest BCUT2D eigenvalue weighted by atomic mass is 16.5. The van der Waals surface area contributed by atoms with Gasteiger partial charge in [0.15, 0.2) is 0 Å². The lowest BCUT2D eigenvalue weighted by Crippen LogP contribution is -2.42. The third-order valence-electron chi connectivity index (χ3n) is 6.88. The molecule has 1 aromatic heterocycles. The Bertz CT molecular complexity index is 1130. The molecular weight excluding hydrogens is 506 g/mol. The molecular formula is C27H37N5O7. The van der Waals surface area contributed by atoms with Gasteiger partial charge in [-0.3, -0.25) is 24.3 Å². The quantitative estimate of drug-likeness (QED) is 0.488. The molecule has 12 heteroatoms. The number of aromatic amines is 1. The minimum atomic E-state index is -0.406. The summed E-state index contributed by atoms with van der Waals surface area (Å²) in [7, 11) is 0. The number of hydrogen-bond acceptors (Lipinski definition) is 7. The molecule has 2 bridgehead atoms. The van der Waals surface area contributed by atoms with Crippen LogP contribution in [-0.4, -0.2) is 102 Å². The van der Waals surface area contributed by atoms with E-state index in [2.05, 4.69) is 15.5 Å². The van der Waals surface area contributed by atoms with Gasteiger partial charge in [-0.05, 0) is 44.9 Å². The average Bonchev–Trinajstić information content (AvgIpc) is 3.52. The molecule has 0 radical (unpaired) electrons. The normalized spacial score (nSPS) is 19.5. The van der Waals surface area contributed by atoms with Gasteiger partial charge in [0, 0.05) is 50.9 Å². The summed E-state index contributed by atoms with van der Waals surface area (Å²) in [6.45, 7) is 8.08. The van der Waals surface area contributed by atoms with Crippen molar-refractivity contribution in [1.82, 2.24) is 25.3 Å². The molecule has 1 fully saturated rings. The van der Waals surface area contributed by atoms with Crippen molar-refractivity contribution in [2.24, 2.45) is 5.92 Å². The molecule has 1 saturated heterocycles. The van der Waals surface area contributed by atoms with E-state index in [1.807, 2.05) is 38.1 Å². The molecule has 2 aromatic rings. The SMILES string of the molecule is CCOCC(=O)N1C[C@@H]2C(=O)NCCN(C(=O)c3c(C)n[nH]c3C)CCCOc3cccc(c3)[C@H]2C1.O=CO. The van der Waals surface area contributed by atoms with Crippen LogP contribution in [0.15, 0.2) is 24.3 Å². The Morgan fingerprint density at radius 1 is 1.21 bits per heavy atom. The van der Waals surface area contributed by atoms with E-state index >= 15 is 0 Å². The number of carboxylic acid groups (broad SMARTS) is 1. The molecule has 212 valence electrons. The average molecular weight is 544 g/mol. The summed E-state index contributed by atoms with van der Waals surface area (Å²) < 4.78 is 11.3. The lowest BCUT2D eigenvalue weighted by Gasteiger charge is -2.25. The largest absolute Gasteiger partial charge is 0.494 e. The Labute approximate surface area is 227 Å². The first kappa shape index (κ1) is 29.6. The number of likely N-dealkylation sites (tertiary alicyclic amines) is 1. The monoisotopic (exact) mass is 543 g/mol. The highest BCUT2D eigenvalue weighted by molar-refractivity contribution is 5.96. The third-order valence-corrected chi connectivity index (χ3v) is 6.88. The molecule has 0 saturated carbocycles. The van der Waals surface area contributed by atoms with E-state index in [9.17, 15) is 14.4 Å². The number of fused-ring (bicyclic) bond motifs is 4. The number of H-pyrrole nitrogens is 1. The predicted molar refractivity (Wildman–Crippen MR) is 142 cm³/mol. The molecule has 39 heavy (non-hydrogen) atoms. The van der Waals surface area contributed by atoms with Crippen LogP contribution in [0.25, 0.3) is 0 Å². The van der Waals surface area contributed by atoms with Gasteiger partial charge < -0.3 is 29.7 Å². The van der Waals surface area contributed by atoms with Crippen LogP contribution in [0, 0.1) is 19.8 Å². The summed E-state index contributed by atoms with van der Waals surface area (Å²) >= 11 is 0. The summed E-state index contributed by atoms with van der Waals surface area (Å²) in [6, 6.07) is 7.74. The molecule has 2 atom stereocenters. The Balaban J connectivity index is 0.00000134. The van der Waals surface area contributed by atoms with Crippen LogP contribution in [0.5, 0.6) is 5.75 Å². The molecule has 1 aromatic carbocycles. The second-order valence-corrected chi connectivity index (χ2v) is 9.42. The number of ether oxygens (including phenoxy) is 2. The van der Waals surface area contributed by atoms with Gasteiger partial charge in [0.25, 0.3) is 12.4 Å². The first-order valence-electron chi connectivity index (χ1n) is 13.0. The van der Waals surface area contributed by atoms with Crippen LogP contribution in [0.3, 0.4) is 0 Å². The third kappa shape index (κ3) is 7.56. The van der Waals surface area contributed by atoms with E-state index in [0.29, 0.717) is 69.4 Å². The van der Waals surface area contributed by atoms with Crippen LogP contribution in [-0.2, 0) is 19.1 Å². The lowest BCUT2D eigenvalue weighted by molar-refractivity contribution is -0.135. The number of rotatable bonds is 4. The molecule has 2 aliphatic rings. The van der Waals surface area contributed by atoms with Crippen molar-refractivity contribution in [2.45, 2.75) is 33.1 Å². The topological polar surface area (TPSA) is 154 Å². The van der Waals surface area contributed by atoms with Gasteiger partial charge in [0.2, 0.25) is 11.8 Å². The Kier molecular flexibility index (Phi) is 10.9. The number of hydrogen-bond donors (Lipinski definition) is 3. The van der Waals surface area contributed by atoms with E-state index < -0.39 is 5.92 Å². The van der Waals surface area contributed by atoms with Crippen LogP contribution >= 0.6 is 0 Å². The number of carbonyl (C=O) groups is 4. The van der Waals surface area contributed by atoms with Gasteiger partial charge in [0.05, 0.1) is 23.8 Å². The highest BCUT2D eigenvalue weighted by Crippen LogP contribution is 2.34. The zero-order valence-corrected chi connectivity index (χ0v) is 22.6. The first-order chi connectivity index (χ1) is 18.8. The van der Waals surface area contributed by atoms with Crippen LogP contribution < -0.4 is 10.1 Å². The minimum absolute atomic E-state index is 0.00459. The van der Waals surface area contributed by atoms with Crippen molar-refractivity contribution in [3.63, 3.8) is 0 Å². The highest BCUT2D eigenvalue weighted by Gasteiger charge is 2.40. The second-order valence-electron chi connectivity index (χ2n) is 9.42. The predicted octanol–water partition coefficient (Wildman–Crippen LogP) is 1.35. The fourth-order valence-corrected chi connectivity index (χ4v) is 4.96. The van der Waals surface area contributed by atoms with Crippen LogP contribution in [0.2, 0.25) is 0 Å². The van der Waals surface area contributed by atoms with Crippen molar-refractivity contribution in [3.05, 3.63) is 46.8 Å². The lowest BCUT2D eigenvalue weighted by atomic mass is 9.88. The van der Waals surface area contributed by atoms with Crippen molar-refractivity contribution in [3.8, 4) is 5.75 Å². The number of aromatic nitrogens is 2. The summed E-state index contributed by atoms with van der Waals surface area (Å²) in [4.78, 5) is 51.1. The van der Waals surface area contributed by atoms with Crippen molar-refractivity contribution in [1.29, 1.82) is 0 Å². The van der Waals surface area contributed by atoms with E-state index in [0.717, 1.165) is 11.3 Å². The molecule has 0 aliphatic carbocycles. The maximum atomic E-state index is 13.3. The van der Waals surface area contributed by atoms with Crippen LogP contribution in [0.1, 0.15) is 46.6 Å². The smallest absolute Gasteiger partial charge is 0.290 e. The van der Waals surface area contributed by atoms with Gasteiger partial charge in [-0.1, -0.05) is 12.1 Å². The maximum absolute atomic E-state index is 13.3. The molecule has 12 nitrogen and oxygen atoms in total. The molecule has 0 unspecified atom stereocenters. The molecule has 3 amide bonds. The number of nitrogens with one attached hydrogen (secondary N) is 2. The van der Waals surface area contributed by atoms with Gasteiger partial charge in [-0.15, -0.1) is 0 Å². The Morgan fingerprint density at radius 2 is 1.95 bits per heavy atom. The van der Waals surface area contributed by atoms with Crippen LogP contribution in [0.4, 0.5) is 0 Å². The van der Waals surface area contributed by atoms with Gasteiger partial charge >= 0.3 is 0 Å². The summed E-state index contributed by atoms with van der Waals surface area (Å²) in [5.74, 6) is -0.216. The summed E-state index contributed by atoms with van der Waals surface area (Å²) in [5.41, 5.74) is 2.91. The van der Waals surface area contributed by atoms with Crippen molar-refractivity contribution >= 4 is 24.2 Å². The number of aryl methyl sites for hydroxylation is 2. The Hall–Kier alpha value is -3.93. The number of carbonyl (C=O) groups excluding carboxylic acids is 3. The zero-order chi connectivity index (χ0) is 28.4. The summed E-state index contributed by atoms with van der Waals surface area (Å²) in [6.07, 6.45) is 0.644. The maximum Gasteiger partial charge on any atom is 0.290 e. The van der Waals surface area contributed by atoms with Gasteiger partial charge in [-0.2, -0.15) is 5.10 Å². The molecule has 2 aliphatic heterocycles. The summed E-state index contributed by atoms with van der Waals surface area (Å²) in [5, 5.41) is 16.9. The number of nitrogens with zero attached hydrogens (tertiary/aromatic N) is 3. The van der Waals surface area contributed by atoms with E-state index in [1.165, 1.54) is 0 Å². The van der Waals surface area contributed by atoms with Gasteiger partial charge in [0.1, 0.15) is 12.4 Å². The van der Waals surface area contributed by atoms with E-state index in [1.54, 1.807) is 16.7 Å².